The fourth-order valence-electron chi connectivity index (χ4n) is 1.79. The molecule has 0 bridgehead atoms. The van der Waals surface area contributed by atoms with Crippen LogP contribution < -0.4 is 4.72 Å². The lowest BCUT2D eigenvalue weighted by Gasteiger charge is -2.38. The summed E-state index contributed by atoms with van der Waals surface area (Å²) in [5.74, 6) is 0. The van der Waals surface area contributed by atoms with Crippen molar-refractivity contribution < 1.29 is 8.98 Å². The van der Waals surface area contributed by atoms with E-state index < -0.39 is 19.7 Å². The van der Waals surface area contributed by atoms with Gasteiger partial charge in [-0.15, -0.1) is 4.72 Å². The average molecular weight is 469 g/mol. The topological polar surface area (TPSA) is 44.3 Å². The fraction of sp³-hybridized carbons (Fsp3) is 0.667. The molecule has 2 unspecified atom stereocenters. The van der Waals surface area contributed by atoms with Crippen LogP contribution in [0.5, 0.6) is 0 Å². The molecule has 25 heavy (non-hydrogen) atoms. The third kappa shape index (κ3) is 6.83. The highest BCUT2D eigenvalue weighted by Crippen LogP contribution is 2.38. The lowest BCUT2D eigenvalue weighted by molar-refractivity contribution is 0.256. The molecule has 0 aliphatic rings. The van der Waals surface area contributed by atoms with Gasteiger partial charge in [-0.3, -0.25) is 0 Å². The van der Waals surface area contributed by atoms with Crippen LogP contribution in [0, 0.1) is 0 Å². The number of nitrogens with one attached hydrogen (secondary N) is 1. The first-order valence-electron chi connectivity index (χ1n) is 8.42. The zero-order valence-corrected chi connectivity index (χ0v) is 20.7. The molecule has 144 valence electrons. The maximum Gasteiger partial charge on any atom is 0.192 e. The van der Waals surface area contributed by atoms with E-state index in [1.165, 1.54) is 0 Å². The predicted octanol–water partition coefficient (Wildman–Crippen LogP) is 6.22. The van der Waals surface area contributed by atoms with Gasteiger partial charge in [0.1, 0.15) is 10.8 Å². The van der Waals surface area contributed by atoms with Gasteiger partial charge in [-0.2, -0.15) is 0 Å². The molecule has 2 atom stereocenters. The van der Waals surface area contributed by atoms with Crippen LogP contribution in [0.4, 0.5) is 0 Å². The lowest BCUT2D eigenvalue weighted by Crippen LogP contribution is -2.46. The Balaban J connectivity index is 3.07. The monoisotopic (exact) mass is 467 g/mol. The number of rotatable bonds is 6. The minimum Gasteiger partial charge on any atom is -0.598 e. The van der Waals surface area contributed by atoms with E-state index in [9.17, 15) is 4.55 Å². The zero-order chi connectivity index (χ0) is 19.6. The minimum atomic E-state index is -1.92. The van der Waals surface area contributed by atoms with Gasteiger partial charge in [0.25, 0.3) is 0 Å². The minimum absolute atomic E-state index is 0.115. The molecule has 0 aliphatic carbocycles. The molecule has 0 radical (unpaired) electrons. The molecule has 0 spiro atoms. The molecule has 3 nitrogen and oxygen atoms in total. The third-order valence-electron chi connectivity index (χ3n) is 4.56. The van der Waals surface area contributed by atoms with Crippen LogP contribution in [0.1, 0.15) is 53.1 Å². The normalized spacial score (nSPS) is 16.0. The number of benzene rings is 1. The van der Waals surface area contributed by atoms with Crippen molar-refractivity contribution in [1.29, 1.82) is 0 Å². The summed E-state index contributed by atoms with van der Waals surface area (Å²) in [6.07, 6.45) is 0. The lowest BCUT2D eigenvalue weighted by atomic mass is 10.1. The summed E-state index contributed by atoms with van der Waals surface area (Å²) >= 11 is 8.67. The van der Waals surface area contributed by atoms with Gasteiger partial charge < -0.3 is 8.98 Å². The standard InChI is InChI=1S/C18H31BrClNO2SSi/c1-17(2,3)24(22)21-16(12-23-25(7,8)18(4,5)6)14-10-9-13(19)11-15(14)20/h9-11,16,21H,12H2,1-8H3. The van der Waals surface area contributed by atoms with Gasteiger partial charge in [-0.05, 0) is 56.6 Å². The van der Waals surface area contributed by atoms with Crippen LogP contribution in [0.2, 0.25) is 23.2 Å². The van der Waals surface area contributed by atoms with E-state index in [0.717, 1.165) is 10.0 Å². The van der Waals surface area contributed by atoms with E-state index in [-0.39, 0.29) is 15.8 Å². The summed E-state index contributed by atoms with van der Waals surface area (Å²) in [6, 6.07) is 5.54. The van der Waals surface area contributed by atoms with Gasteiger partial charge >= 0.3 is 0 Å². The Morgan fingerprint density at radius 3 is 2.24 bits per heavy atom. The maximum absolute atomic E-state index is 12.7. The number of halogens is 2. The second-order valence-corrected chi connectivity index (χ2v) is 16.9. The maximum atomic E-state index is 12.7. The van der Waals surface area contributed by atoms with Crippen LogP contribution >= 0.6 is 27.5 Å². The SMILES string of the molecule is CC(C)(C)[S+]([O-])NC(CO[Si](C)(C)C(C)(C)C)c1ccc(Br)cc1Cl. The summed E-state index contributed by atoms with van der Waals surface area (Å²) in [5.41, 5.74) is 0.904. The Bertz CT molecular complexity index is 587. The molecule has 0 amide bonds. The second-order valence-electron chi connectivity index (χ2n) is 8.79. The highest BCUT2D eigenvalue weighted by Gasteiger charge is 2.39. The molecular formula is C18H31BrClNO2SSi. The number of hydrogen-bond acceptors (Lipinski definition) is 3. The van der Waals surface area contributed by atoms with Crippen LogP contribution in [0.25, 0.3) is 0 Å². The van der Waals surface area contributed by atoms with Crippen LogP contribution in [-0.2, 0) is 15.8 Å². The van der Waals surface area contributed by atoms with Crippen molar-refractivity contribution in [1.82, 2.24) is 4.72 Å². The van der Waals surface area contributed by atoms with E-state index in [2.05, 4.69) is 54.5 Å². The van der Waals surface area contributed by atoms with E-state index in [1.54, 1.807) is 0 Å². The van der Waals surface area contributed by atoms with E-state index in [1.807, 2.05) is 39.0 Å². The van der Waals surface area contributed by atoms with Gasteiger partial charge in [0.05, 0.1) is 6.61 Å². The molecule has 0 aromatic heterocycles. The summed E-state index contributed by atoms with van der Waals surface area (Å²) in [4.78, 5) is 0. The Kier molecular flexibility index (Phi) is 8.10. The molecule has 0 fully saturated rings. The molecule has 0 saturated carbocycles. The Morgan fingerprint density at radius 1 is 1.24 bits per heavy atom. The molecule has 0 heterocycles. The molecule has 0 saturated heterocycles. The van der Waals surface area contributed by atoms with E-state index in [0.29, 0.717) is 11.6 Å². The van der Waals surface area contributed by atoms with Gasteiger partial charge in [0.15, 0.2) is 8.32 Å². The largest absolute Gasteiger partial charge is 0.598 e. The van der Waals surface area contributed by atoms with Crippen LogP contribution in [-0.4, -0.2) is 24.2 Å². The van der Waals surface area contributed by atoms with Crippen molar-refractivity contribution in [2.24, 2.45) is 0 Å². The first-order chi connectivity index (χ1) is 11.1. The van der Waals surface area contributed by atoms with Crippen LogP contribution in [0.15, 0.2) is 22.7 Å². The second kappa shape index (κ2) is 8.63. The van der Waals surface area contributed by atoms with E-state index in [4.69, 9.17) is 16.0 Å². The molecule has 7 heteroatoms. The van der Waals surface area contributed by atoms with Crippen molar-refractivity contribution in [2.75, 3.05) is 6.61 Å². The van der Waals surface area contributed by atoms with Gasteiger partial charge in [0, 0.05) is 20.9 Å². The highest BCUT2D eigenvalue weighted by atomic mass is 79.9. The predicted molar refractivity (Wildman–Crippen MR) is 116 cm³/mol. The van der Waals surface area contributed by atoms with Crippen molar-refractivity contribution >= 4 is 47.2 Å². The van der Waals surface area contributed by atoms with Gasteiger partial charge in [0.2, 0.25) is 0 Å². The summed E-state index contributed by atoms with van der Waals surface area (Å²) in [5, 5.41) is 0.751. The fourth-order valence-corrected chi connectivity index (χ4v) is 4.41. The zero-order valence-electron chi connectivity index (χ0n) is 16.5. The molecule has 1 aromatic rings. The van der Waals surface area contributed by atoms with Gasteiger partial charge in [-0.25, -0.2) is 0 Å². The first-order valence-corrected chi connectivity index (χ1v) is 13.6. The first kappa shape index (κ1) is 23.5. The quantitative estimate of drug-likeness (QED) is 0.398. The van der Waals surface area contributed by atoms with Crippen molar-refractivity contribution in [2.45, 2.75) is 70.5 Å². The van der Waals surface area contributed by atoms with Crippen molar-refractivity contribution in [3.8, 4) is 0 Å². The Morgan fingerprint density at radius 2 is 1.80 bits per heavy atom. The third-order valence-corrected chi connectivity index (χ3v) is 11.5. The molecule has 0 aliphatic heterocycles. The average Bonchev–Trinajstić information content (AvgIpc) is 2.41. The number of hydrogen-bond donors (Lipinski definition) is 1. The van der Waals surface area contributed by atoms with Crippen molar-refractivity contribution in [3.63, 3.8) is 0 Å². The molecule has 1 rings (SSSR count). The summed E-state index contributed by atoms with van der Waals surface area (Å²) in [7, 11) is -1.92. The summed E-state index contributed by atoms with van der Waals surface area (Å²) in [6.45, 7) is 17.4. The Labute approximate surface area is 170 Å². The Hall–Kier alpha value is 0.437. The molecule has 1 N–H and O–H groups in total. The summed E-state index contributed by atoms with van der Waals surface area (Å²) < 4.78 is 22.8. The van der Waals surface area contributed by atoms with Crippen molar-refractivity contribution in [3.05, 3.63) is 33.3 Å². The van der Waals surface area contributed by atoms with E-state index >= 15 is 0 Å². The van der Waals surface area contributed by atoms with Gasteiger partial charge in [-0.1, -0.05) is 54.4 Å². The van der Waals surface area contributed by atoms with Crippen LogP contribution in [0.3, 0.4) is 0 Å². The highest BCUT2D eigenvalue weighted by molar-refractivity contribution is 9.10. The smallest absolute Gasteiger partial charge is 0.192 e. The molecule has 1 aromatic carbocycles. The molecular weight excluding hydrogens is 438 g/mol.